The van der Waals surface area contributed by atoms with Crippen molar-refractivity contribution in [2.45, 2.75) is 49.0 Å². The highest BCUT2D eigenvalue weighted by Gasteiger charge is 2.63. The number of aromatic amines is 1. The summed E-state index contributed by atoms with van der Waals surface area (Å²) in [6, 6.07) is 0.531. The van der Waals surface area contributed by atoms with Crippen molar-refractivity contribution in [1.82, 2.24) is 25.8 Å². The number of nitrogens with one attached hydrogen (secondary N) is 3. The van der Waals surface area contributed by atoms with E-state index in [-0.39, 0.29) is 5.82 Å². The maximum absolute atomic E-state index is 14.4. The van der Waals surface area contributed by atoms with Gasteiger partial charge < -0.3 is 5.32 Å². The summed E-state index contributed by atoms with van der Waals surface area (Å²) in [6.07, 6.45) is -4.66. The van der Waals surface area contributed by atoms with Gasteiger partial charge in [-0.2, -0.15) is 32.3 Å². The number of hydrogen-bond acceptors (Lipinski definition) is 5. The second-order valence-electron chi connectivity index (χ2n) is 7.14. The summed E-state index contributed by atoms with van der Waals surface area (Å²) in [4.78, 5) is 16.5. The van der Waals surface area contributed by atoms with Crippen LogP contribution in [0.1, 0.15) is 30.3 Å². The number of carbonyl (C=O) groups excluding carboxylic acids is 1. The molecule has 1 aromatic heterocycles. The van der Waals surface area contributed by atoms with Crippen LogP contribution in [0.3, 0.4) is 0 Å². The minimum Gasteiger partial charge on any atom is -0.336 e. The zero-order chi connectivity index (χ0) is 22.9. The molecule has 3 rings (SSSR count). The molecule has 31 heavy (non-hydrogen) atoms. The molecule has 2 atom stereocenters. The van der Waals surface area contributed by atoms with Crippen molar-refractivity contribution in [1.29, 1.82) is 5.26 Å². The summed E-state index contributed by atoms with van der Waals surface area (Å²) in [5.41, 5.74) is -1.77. The largest absolute Gasteiger partial charge is 0.455 e. The number of nitrogens with zero attached hydrogens (tertiary/aromatic N) is 3. The third kappa shape index (κ3) is 4.96. The third-order valence-corrected chi connectivity index (χ3v) is 4.82. The first-order chi connectivity index (χ1) is 14.5. The standard InChI is InChI=1S/C18H16F6N6O/c19-11-3-1-10(2-4-11)14(17(20,21)18(22,23)24)28-12(7-13-26-9-27-30-13)15(31)29-16(8-25)5-6-16/h1-4,9,12,14,28H,5-7H2,(H,29,31)(H,26,27,30)/t12-,14-/m0/s1. The van der Waals surface area contributed by atoms with Crippen molar-refractivity contribution in [3.63, 3.8) is 0 Å². The summed E-state index contributed by atoms with van der Waals surface area (Å²) in [5.74, 6) is -7.06. The van der Waals surface area contributed by atoms with E-state index in [4.69, 9.17) is 5.26 Å². The monoisotopic (exact) mass is 446 g/mol. The smallest absolute Gasteiger partial charge is 0.336 e. The Hall–Kier alpha value is -3.14. The number of rotatable bonds is 8. The fourth-order valence-corrected chi connectivity index (χ4v) is 2.89. The van der Waals surface area contributed by atoms with Crippen LogP contribution < -0.4 is 10.6 Å². The number of H-pyrrole nitrogens is 1. The minimum absolute atomic E-state index is 0.0441. The molecule has 0 bridgehead atoms. The molecule has 3 N–H and O–H groups in total. The number of carbonyl (C=O) groups is 1. The first-order valence-electron chi connectivity index (χ1n) is 9.01. The van der Waals surface area contributed by atoms with E-state index >= 15 is 0 Å². The molecule has 166 valence electrons. The fourth-order valence-electron chi connectivity index (χ4n) is 2.89. The highest BCUT2D eigenvalue weighted by Crippen LogP contribution is 2.45. The van der Waals surface area contributed by atoms with E-state index in [2.05, 4.69) is 20.5 Å². The highest BCUT2D eigenvalue weighted by molar-refractivity contribution is 5.83. The summed E-state index contributed by atoms with van der Waals surface area (Å²) in [5, 5.41) is 19.5. The van der Waals surface area contributed by atoms with E-state index < -0.39 is 53.4 Å². The third-order valence-electron chi connectivity index (χ3n) is 4.82. The van der Waals surface area contributed by atoms with Gasteiger partial charge in [-0.1, -0.05) is 12.1 Å². The molecule has 1 fully saturated rings. The maximum Gasteiger partial charge on any atom is 0.455 e. The summed E-state index contributed by atoms with van der Waals surface area (Å²) in [6.45, 7) is 0. The fraction of sp³-hybridized carbons (Fsp3) is 0.444. The van der Waals surface area contributed by atoms with Crippen LogP contribution in [-0.2, 0) is 11.2 Å². The van der Waals surface area contributed by atoms with Gasteiger partial charge >= 0.3 is 12.1 Å². The Balaban J connectivity index is 1.95. The zero-order valence-corrected chi connectivity index (χ0v) is 15.7. The SMILES string of the molecule is N#CC1(NC(=O)[C@H](Cc2ncn[nH]2)N[C@@H](c2ccc(F)cc2)C(F)(F)C(F)(F)F)CC1. The number of aromatic nitrogens is 3. The van der Waals surface area contributed by atoms with E-state index in [1.807, 2.05) is 11.4 Å². The molecule has 0 unspecified atom stereocenters. The molecule has 13 heteroatoms. The predicted molar refractivity (Wildman–Crippen MR) is 92.9 cm³/mol. The molecule has 0 radical (unpaired) electrons. The summed E-state index contributed by atoms with van der Waals surface area (Å²) < 4.78 is 81.5. The van der Waals surface area contributed by atoms with Gasteiger partial charge in [0.05, 0.1) is 12.1 Å². The summed E-state index contributed by atoms with van der Waals surface area (Å²) >= 11 is 0. The molecule has 1 aliphatic carbocycles. The van der Waals surface area contributed by atoms with E-state index in [1.54, 1.807) is 0 Å². The van der Waals surface area contributed by atoms with E-state index in [0.717, 1.165) is 30.6 Å². The number of nitriles is 1. The first-order valence-corrected chi connectivity index (χ1v) is 9.01. The molecule has 0 saturated heterocycles. The molecule has 1 amide bonds. The van der Waals surface area contributed by atoms with E-state index in [9.17, 15) is 31.1 Å². The van der Waals surface area contributed by atoms with Gasteiger partial charge in [-0.05, 0) is 30.5 Å². The topological polar surface area (TPSA) is 106 Å². The van der Waals surface area contributed by atoms with E-state index in [0.29, 0.717) is 12.8 Å². The Labute approximate surface area is 171 Å². The average Bonchev–Trinajstić information content (AvgIpc) is 3.28. The van der Waals surface area contributed by atoms with Crippen LogP contribution in [0, 0.1) is 17.1 Å². The van der Waals surface area contributed by atoms with Crippen molar-refractivity contribution in [3.8, 4) is 6.07 Å². The van der Waals surface area contributed by atoms with Crippen molar-refractivity contribution in [2.75, 3.05) is 0 Å². The lowest BCUT2D eigenvalue weighted by molar-refractivity contribution is -0.294. The Morgan fingerprint density at radius 1 is 1.23 bits per heavy atom. The van der Waals surface area contributed by atoms with Gasteiger partial charge in [0.15, 0.2) is 0 Å². The van der Waals surface area contributed by atoms with Gasteiger partial charge in [-0.3, -0.25) is 15.2 Å². The average molecular weight is 446 g/mol. The molecule has 1 aliphatic rings. The molecule has 1 saturated carbocycles. The Kier molecular flexibility index (Phi) is 5.95. The van der Waals surface area contributed by atoms with Gasteiger partial charge in [0, 0.05) is 6.42 Å². The number of hydrogen-bond donors (Lipinski definition) is 3. The number of benzene rings is 1. The van der Waals surface area contributed by atoms with E-state index in [1.165, 1.54) is 0 Å². The van der Waals surface area contributed by atoms with Gasteiger partial charge in [-0.15, -0.1) is 0 Å². The lowest BCUT2D eigenvalue weighted by Gasteiger charge is -2.32. The van der Waals surface area contributed by atoms with Crippen LogP contribution >= 0.6 is 0 Å². The molecule has 1 aromatic carbocycles. The quantitative estimate of drug-likeness (QED) is 0.541. The van der Waals surface area contributed by atoms with Gasteiger partial charge in [-0.25, -0.2) is 9.37 Å². The maximum atomic E-state index is 14.4. The second-order valence-corrected chi connectivity index (χ2v) is 7.14. The number of amides is 1. The first kappa shape index (κ1) is 22.5. The number of halogens is 6. The molecule has 0 spiro atoms. The molecular weight excluding hydrogens is 430 g/mol. The normalized spacial score (nSPS) is 17.5. The summed E-state index contributed by atoms with van der Waals surface area (Å²) in [7, 11) is 0. The van der Waals surface area contributed by atoms with Crippen molar-refractivity contribution >= 4 is 5.91 Å². The lowest BCUT2D eigenvalue weighted by atomic mass is 9.97. The highest BCUT2D eigenvalue weighted by atomic mass is 19.4. The van der Waals surface area contributed by atoms with Crippen LogP contribution in [0.25, 0.3) is 0 Å². The molecular formula is C18H16F6N6O. The van der Waals surface area contributed by atoms with Crippen LogP contribution in [0.4, 0.5) is 26.3 Å². The lowest BCUT2D eigenvalue weighted by Crippen LogP contribution is -2.56. The Morgan fingerprint density at radius 3 is 2.35 bits per heavy atom. The molecule has 1 heterocycles. The van der Waals surface area contributed by atoms with Gasteiger partial charge in [0.25, 0.3) is 0 Å². The number of alkyl halides is 5. The van der Waals surface area contributed by atoms with Crippen LogP contribution in [0.15, 0.2) is 30.6 Å². The van der Waals surface area contributed by atoms with Crippen LogP contribution in [-0.4, -0.2) is 44.8 Å². The zero-order valence-electron chi connectivity index (χ0n) is 15.7. The van der Waals surface area contributed by atoms with Crippen molar-refractivity contribution < 1.29 is 31.1 Å². The molecule has 2 aromatic rings. The van der Waals surface area contributed by atoms with Crippen LogP contribution in [0.2, 0.25) is 0 Å². The Bertz CT molecular complexity index is 949. The Morgan fingerprint density at radius 2 is 1.87 bits per heavy atom. The molecule has 7 nitrogen and oxygen atoms in total. The van der Waals surface area contributed by atoms with Crippen molar-refractivity contribution in [3.05, 3.63) is 47.8 Å². The van der Waals surface area contributed by atoms with Gasteiger partial charge in [0.1, 0.15) is 29.5 Å². The van der Waals surface area contributed by atoms with Crippen molar-refractivity contribution in [2.24, 2.45) is 0 Å². The second kappa shape index (κ2) is 8.18. The molecule has 0 aliphatic heterocycles. The predicted octanol–water partition coefficient (Wildman–Crippen LogP) is 2.56. The van der Waals surface area contributed by atoms with Gasteiger partial charge in [0.2, 0.25) is 5.91 Å². The minimum atomic E-state index is -5.96. The van der Waals surface area contributed by atoms with Crippen LogP contribution in [0.5, 0.6) is 0 Å².